The largest absolute Gasteiger partial charge is 0.336 e. The van der Waals surface area contributed by atoms with Gasteiger partial charge in [-0.2, -0.15) is 4.72 Å². The second-order valence-corrected chi connectivity index (χ2v) is 8.09. The summed E-state index contributed by atoms with van der Waals surface area (Å²) in [4.78, 5) is 4.38. The van der Waals surface area contributed by atoms with E-state index in [2.05, 4.69) is 25.6 Å². The number of aryl methyl sites for hydroxylation is 1. The maximum absolute atomic E-state index is 13.2. The number of benzene rings is 2. The first-order chi connectivity index (χ1) is 11.9. The topological polar surface area (TPSA) is 64.0 Å². The molecule has 0 radical (unpaired) electrons. The highest BCUT2D eigenvalue weighted by molar-refractivity contribution is 9.10. The van der Waals surface area contributed by atoms with E-state index >= 15 is 0 Å². The third kappa shape index (κ3) is 3.97. The highest BCUT2D eigenvalue weighted by Gasteiger charge is 2.25. The van der Waals surface area contributed by atoms with Gasteiger partial charge in [0.25, 0.3) is 0 Å². The van der Waals surface area contributed by atoms with Gasteiger partial charge in [0.05, 0.1) is 4.90 Å². The Bertz CT molecular complexity index is 970. The molecule has 0 unspecified atom stereocenters. The van der Waals surface area contributed by atoms with Crippen LogP contribution in [0.3, 0.4) is 0 Å². The molecular weight excluding hydrogens is 409 g/mol. The average molecular weight is 424 g/mol. The average Bonchev–Trinajstić information content (AvgIpc) is 3.00. The molecule has 0 aliphatic rings. The van der Waals surface area contributed by atoms with E-state index in [-0.39, 0.29) is 4.90 Å². The predicted octanol–water partition coefficient (Wildman–Crippen LogP) is 3.39. The van der Waals surface area contributed by atoms with Crippen molar-refractivity contribution in [2.45, 2.75) is 10.9 Å². The second kappa shape index (κ2) is 7.07. The van der Waals surface area contributed by atoms with Gasteiger partial charge in [-0.1, -0.05) is 28.1 Å². The molecule has 1 heterocycles. The summed E-state index contributed by atoms with van der Waals surface area (Å²) in [7, 11) is -2.02. The first-order valence-electron chi connectivity index (χ1n) is 7.37. The minimum atomic E-state index is -3.80. The number of rotatable bonds is 5. The van der Waals surface area contributed by atoms with E-state index in [4.69, 9.17) is 0 Å². The maximum atomic E-state index is 13.2. The number of sulfonamides is 1. The lowest BCUT2D eigenvalue weighted by molar-refractivity contribution is 0.562. The van der Waals surface area contributed by atoms with Gasteiger partial charge in [-0.15, -0.1) is 0 Å². The van der Waals surface area contributed by atoms with Gasteiger partial charge in [-0.05, 0) is 42.0 Å². The molecule has 0 aliphatic carbocycles. The Morgan fingerprint density at radius 2 is 1.76 bits per heavy atom. The molecule has 8 heteroatoms. The molecule has 1 aromatic heterocycles. The van der Waals surface area contributed by atoms with Gasteiger partial charge >= 0.3 is 0 Å². The molecular formula is C17H15BrFN3O2S. The van der Waals surface area contributed by atoms with Crippen molar-refractivity contribution in [1.82, 2.24) is 14.3 Å². The molecule has 2 aromatic carbocycles. The SMILES string of the molecule is Cn1ccnc1[C@@H](NS(=O)(=O)c1ccc(Br)cc1)c1ccc(F)cc1. The van der Waals surface area contributed by atoms with Crippen molar-refractivity contribution in [3.05, 3.63) is 82.6 Å². The van der Waals surface area contributed by atoms with Crippen LogP contribution in [-0.2, 0) is 17.1 Å². The van der Waals surface area contributed by atoms with Crippen molar-refractivity contribution in [3.63, 3.8) is 0 Å². The Morgan fingerprint density at radius 1 is 1.12 bits per heavy atom. The number of imidazole rings is 1. The van der Waals surface area contributed by atoms with Crippen LogP contribution in [0, 0.1) is 5.82 Å². The minimum Gasteiger partial charge on any atom is -0.336 e. The van der Waals surface area contributed by atoms with Crippen LogP contribution < -0.4 is 4.72 Å². The van der Waals surface area contributed by atoms with Crippen molar-refractivity contribution < 1.29 is 12.8 Å². The predicted molar refractivity (Wildman–Crippen MR) is 95.9 cm³/mol. The molecule has 0 spiro atoms. The fraction of sp³-hybridized carbons (Fsp3) is 0.118. The van der Waals surface area contributed by atoms with Crippen molar-refractivity contribution >= 4 is 26.0 Å². The lowest BCUT2D eigenvalue weighted by atomic mass is 10.1. The van der Waals surface area contributed by atoms with Crippen LogP contribution in [0.2, 0.25) is 0 Å². The summed E-state index contributed by atoms with van der Waals surface area (Å²) in [5.74, 6) is 0.116. The van der Waals surface area contributed by atoms with Crippen LogP contribution in [0.15, 0.2) is 70.3 Å². The van der Waals surface area contributed by atoms with E-state index in [1.165, 1.54) is 24.3 Å². The van der Waals surface area contributed by atoms with Gasteiger partial charge in [-0.3, -0.25) is 0 Å². The van der Waals surface area contributed by atoms with E-state index in [1.807, 2.05) is 0 Å². The fourth-order valence-corrected chi connectivity index (χ4v) is 3.86. The highest BCUT2D eigenvalue weighted by Crippen LogP contribution is 2.24. The van der Waals surface area contributed by atoms with Gasteiger partial charge in [0.2, 0.25) is 10.0 Å². The number of hydrogen-bond acceptors (Lipinski definition) is 3. The summed E-state index contributed by atoms with van der Waals surface area (Å²) in [5.41, 5.74) is 0.594. The molecule has 25 heavy (non-hydrogen) atoms. The van der Waals surface area contributed by atoms with Crippen molar-refractivity contribution in [1.29, 1.82) is 0 Å². The van der Waals surface area contributed by atoms with Gasteiger partial charge in [0.15, 0.2) is 0 Å². The Kier molecular flexibility index (Phi) is 5.03. The molecule has 0 bridgehead atoms. The van der Waals surface area contributed by atoms with E-state index < -0.39 is 21.9 Å². The zero-order valence-corrected chi connectivity index (χ0v) is 15.6. The van der Waals surface area contributed by atoms with Crippen molar-refractivity contribution in [2.75, 3.05) is 0 Å². The highest BCUT2D eigenvalue weighted by atomic mass is 79.9. The van der Waals surface area contributed by atoms with Crippen LogP contribution >= 0.6 is 15.9 Å². The smallest absolute Gasteiger partial charge is 0.241 e. The van der Waals surface area contributed by atoms with Crippen LogP contribution in [-0.4, -0.2) is 18.0 Å². The van der Waals surface area contributed by atoms with Gasteiger partial charge in [0, 0.05) is 23.9 Å². The molecule has 130 valence electrons. The van der Waals surface area contributed by atoms with Gasteiger partial charge < -0.3 is 4.57 Å². The molecule has 1 atom stereocenters. The molecule has 3 aromatic rings. The standard InChI is InChI=1S/C17H15BrFN3O2S/c1-22-11-10-20-17(22)16(12-2-6-14(19)7-3-12)21-25(23,24)15-8-4-13(18)5-9-15/h2-11,16,21H,1H3/t16-/m0/s1. The van der Waals surface area contributed by atoms with E-state index in [1.54, 1.807) is 48.3 Å². The van der Waals surface area contributed by atoms with Crippen LogP contribution in [0.5, 0.6) is 0 Å². The fourth-order valence-electron chi connectivity index (χ4n) is 2.42. The molecule has 3 rings (SSSR count). The zero-order chi connectivity index (χ0) is 18.0. The summed E-state index contributed by atoms with van der Waals surface area (Å²) < 4.78 is 43.9. The second-order valence-electron chi connectivity index (χ2n) is 5.46. The number of halogens is 2. The lowest BCUT2D eigenvalue weighted by Crippen LogP contribution is -2.31. The summed E-state index contributed by atoms with van der Waals surface area (Å²) in [6.07, 6.45) is 3.31. The molecule has 0 saturated carbocycles. The molecule has 0 amide bonds. The summed E-state index contributed by atoms with van der Waals surface area (Å²) in [6, 6.07) is 11.2. The third-order valence-electron chi connectivity index (χ3n) is 3.72. The summed E-state index contributed by atoms with van der Waals surface area (Å²) >= 11 is 3.28. The Hall–Kier alpha value is -2.03. The number of hydrogen-bond donors (Lipinski definition) is 1. The normalized spacial score (nSPS) is 12.9. The van der Waals surface area contributed by atoms with Crippen LogP contribution in [0.25, 0.3) is 0 Å². The third-order valence-corrected chi connectivity index (χ3v) is 5.68. The minimum absolute atomic E-state index is 0.136. The van der Waals surface area contributed by atoms with Crippen molar-refractivity contribution in [2.24, 2.45) is 7.05 Å². The first kappa shape index (κ1) is 17.8. The molecule has 0 fully saturated rings. The number of nitrogens with one attached hydrogen (secondary N) is 1. The summed E-state index contributed by atoms with van der Waals surface area (Å²) in [6.45, 7) is 0. The first-order valence-corrected chi connectivity index (χ1v) is 9.65. The van der Waals surface area contributed by atoms with E-state index in [0.717, 1.165) is 4.47 Å². The quantitative estimate of drug-likeness (QED) is 0.683. The molecule has 0 saturated heterocycles. The summed E-state index contributed by atoms with van der Waals surface area (Å²) in [5, 5.41) is 0. The zero-order valence-electron chi connectivity index (χ0n) is 13.2. The Morgan fingerprint density at radius 3 is 2.32 bits per heavy atom. The Balaban J connectivity index is 2.02. The number of nitrogens with zero attached hydrogens (tertiary/aromatic N) is 2. The molecule has 5 nitrogen and oxygen atoms in total. The Labute approximate surface area is 153 Å². The maximum Gasteiger partial charge on any atom is 0.241 e. The van der Waals surface area contributed by atoms with Crippen LogP contribution in [0.1, 0.15) is 17.4 Å². The van der Waals surface area contributed by atoms with Gasteiger partial charge in [0.1, 0.15) is 17.7 Å². The van der Waals surface area contributed by atoms with Crippen LogP contribution in [0.4, 0.5) is 4.39 Å². The van der Waals surface area contributed by atoms with Crippen molar-refractivity contribution in [3.8, 4) is 0 Å². The monoisotopic (exact) mass is 423 g/mol. The van der Waals surface area contributed by atoms with Gasteiger partial charge in [-0.25, -0.2) is 17.8 Å². The van der Waals surface area contributed by atoms with E-state index in [9.17, 15) is 12.8 Å². The molecule has 1 N–H and O–H groups in total. The number of aromatic nitrogens is 2. The van der Waals surface area contributed by atoms with E-state index in [0.29, 0.717) is 11.4 Å². The molecule has 0 aliphatic heterocycles. The lowest BCUT2D eigenvalue weighted by Gasteiger charge is -2.19.